The van der Waals surface area contributed by atoms with Gasteiger partial charge in [0.05, 0.1) is 18.1 Å². The van der Waals surface area contributed by atoms with Crippen LogP contribution < -0.4 is 14.8 Å². The van der Waals surface area contributed by atoms with E-state index in [2.05, 4.69) is 5.32 Å². The van der Waals surface area contributed by atoms with Crippen molar-refractivity contribution < 1.29 is 22.7 Å². The van der Waals surface area contributed by atoms with Crippen molar-refractivity contribution in [2.45, 2.75) is 25.2 Å². The fraction of sp³-hybridized carbons (Fsp3) is 0.318. The van der Waals surface area contributed by atoms with Crippen molar-refractivity contribution in [2.75, 3.05) is 31.6 Å². The Balaban J connectivity index is 1.64. The zero-order valence-corrected chi connectivity index (χ0v) is 17.9. The Bertz CT molecular complexity index is 1010. The zero-order chi connectivity index (χ0) is 21.6. The molecule has 0 radical (unpaired) electrons. The van der Waals surface area contributed by atoms with E-state index in [1.165, 1.54) is 22.5 Å². The van der Waals surface area contributed by atoms with Gasteiger partial charge in [0.1, 0.15) is 0 Å². The Morgan fingerprint density at radius 1 is 1.03 bits per heavy atom. The largest absolute Gasteiger partial charge is 0.490 e. The van der Waals surface area contributed by atoms with Crippen LogP contribution in [0, 0.1) is 0 Å². The van der Waals surface area contributed by atoms with Crippen LogP contribution in [-0.2, 0) is 14.8 Å². The molecule has 30 heavy (non-hydrogen) atoms. The molecule has 0 saturated heterocycles. The minimum absolute atomic E-state index is 0.201. The highest BCUT2D eigenvalue weighted by Crippen LogP contribution is 2.30. The third kappa shape index (κ3) is 5.20. The van der Waals surface area contributed by atoms with E-state index in [1.807, 2.05) is 18.2 Å². The van der Waals surface area contributed by atoms with Crippen molar-refractivity contribution in [2.24, 2.45) is 0 Å². The molecule has 0 spiro atoms. The summed E-state index contributed by atoms with van der Waals surface area (Å²) in [6, 6.07) is 11.7. The highest BCUT2D eigenvalue weighted by atomic mass is 32.2. The van der Waals surface area contributed by atoms with E-state index in [9.17, 15) is 13.2 Å². The molecule has 1 aliphatic heterocycles. The van der Waals surface area contributed by atoms with Crippen molar-refractivity contribution in [3.8, 4) is 11.5 Å². The van der Waals surface area contributed by atoms with Crippen molar-refractivity contribution in [1.29, 1.82) is 0 Å². The summed E-state index contributed by atoms with van der Waals surface area (Å²) in [4.78, 5) is 12.4. The number of carbonyl (C=O) groups excluding carboxylic acids is 1. The minimum atomic E-state index is -3.52. The predicted octanol–water partition coefficient (Wildman–Crippen LogP) is 3.53. The molecule has 160 valence electrons. The van der Waals surface area contributed by atoms with Gasteiger partial charge < -0.3 is 14.8 Å². The Kier molecular flexibility index (Phi) is 7.12. The molecule has 0 aliphatic carbocycles. The maximum Gasteiger partial charge on any atom is 0.248 e. The van der Waals surface area contributed by atoms with Crippen molar-refractivity contribution in [1.82, 2.24) is 4.31 Å². The van der Waals surface area contributed by atoms with E-state index in [0.717, 1.165) is 12.0 Å². The molecule has 2 aromatic carbocycles. The van der Waals surface area contributed by atoms with Gasteiger partial charge in [-0.3, -0.25) is 4.79 Å². The lowest BCUT2D eigenvalue weighted by molar-refractivity contribution is -0.111. The second-order valence-electron chi connectivity index (χ2n) is 6.69. The van der Waals surface area contributed by atoms with Gasteiger partial charge in [0, 0.05) is 31.3 Å². The molecule has 1 heterocycles. The third-order valence-electron chi connectivity index (χ3n) is 4.66. The summed E-state index contributed by atoms with van der Waals surface area (Å²) in [5, 5.41) is 2.73. The smallest absolute Gasteiger partial charge is 0.248 e. The number of nitrogens with zero attached hydrogens (tertiary/aromatic N) is 1. The lowest BCUT2D eigenvalue weighted by Gasteiger charge is -2.18. The Morgan fingerprint density at radius 3 is 2.37 bits per heavy atom. The number of carbonyl (C=O) groups is 1. The summed E-state index contributed by atoms with van der Waals surface area (Å²) in [5.41, 5.74) is 1.33. The van der Waals surface area contributed by atoms with Crippen molar-refractivity contribution >= 4 is 27.7 Å². The van der Waals surface area contributed by atoms with Crippen LogP contribution in [0.1, 0.15) is 25.8 Å². The molecule has 0 saturated carbocycles. The monoisotopic (exact) mass is 430 g/mol. The van der Waals surface area contributed by atoms with Crippen LogP contribution in [0.2, 0.25) is 0 Å². The van der Waals surface area contributed by atoms with Crippen LogP contribution in [0.4, 0.5) is 5.69 Å². The summed E-state index contributed by atoms with van der Waals surface area (Å²) in [5.74, 6) is 1.05. The predicted molar refractivity (Wildman–Crippen MR) is 116 cm³/mol. The average Bonchev–Trinajstić information content (AvgIpc) is 2.98. The topological polar surface area (TPSA) is 84.9 Å². The van der Waals surface area contributed by atoms with Gasteiger partial charge in [0.15, 0.2) is 11.5 Å². The van der Waals surface area contributed by atoms with E-state index in [4.69, 9.17) is 9.47 Å². The van der Waals surface area contributed by atoms with Crippen molar-refractivity contribution in [3.63, 3.8) is 0 Å². The van der Waals surface area contributed by atoms with Gasteiger partial charge in [0.2, 0.25) is 15.9 Å². The first-order chi connectivity index (χ1) is 14.4. The van der Waals surface area contributed by atoms with Gasteiger partial charge in [0.25, 0.3) is 0 Å². The second-order valence-corrected chi connectivity index (χ2v) is 8.63. The van der Waals surface area contributed by atoms with Gasteiger partial charge in [-0.05, 0) is 48.0 Å². The SMILES string of the molecule is CCN(CC)S(=O)(=O)c1ccc(NC(=O)/C=C/c2ccc3c(c2)OCCCO3)cc1. The van der Waals surface area contributed by atoms with Crippen LogP contribution in [0.5, 0.6) is 11.5 Å². The quantitative estimate of drug-likeness (QED) is 0.680. The highest BCUT2D eigenvalue weighted by Gasteiger charge is 2.21. The van der Waals surface area contributed by atoms with Gasteiger partial charge >= 0.3 is 0 Å². The Morgan fingerprint density at radius 2 is 1.70 bits per heavy atom. The fourth-order valence-corrected chi connectivity index (χ4v) is 4.52. The molecule has 0 atom stereocenters. The number of benzene rings is 2. The fourth-order valence-electron chi connectivity index (χ4n) is 3.06. The number of ether oxygens (including phenoxy) is 2. The number of nitrogens with one attached hydrogen (secondary N) is 1. The minimum Gasteiger partial charge on any atom is -0.490 e. The summed E-state index contributed by atoms with van der Waals surface area (Å²) < 4.78 is 37.7. The van der Waals surface area contributed by atoms with Gasteiger partial charge in [-0.15, -0.1) is 0 Å². The molecule has 0 bridgehead atoms. The van der Waals surface area contributed by atoms with E-state index in [0.29, 0.717) is 43.5 Å². The maximum atomic E-state index is 12.5. The number of sulfonamides is 1. The number of amides is 1. The van der Waals surface area contributed by atoms with Crippen LogP contribution >= 0.6 is 0 Å². The molecule has 0 fully saturated rings. The molecule has 1 N–H and O–H groups in total. The van der Waals surface area contributed by atoms with Gasteiger partial charge in [-0.2, -0.15) is 4.31 Å². The molecule has 8 heteroatoms. The highest BCUT2D eigenvalue weighted by molar-refractivity contribution is 7.89. The average molecular weight is 431 g/mol. The van der Waals surface area contributed by atoms with E-state index < -0.39 is 10.0 Å². The summed E-state index contributed by atoms with van der Waals surface area (Å²) in [7, 11) is -3.52. The molecule has 1 amide bonds. The Labute approximate surface area is 177 Å². The first-order valence-electron chi connectivity index (χ1n) is 9.93. The molecule has 0 aromatic heterocycles. The molecular formula is C22H26N2O5S. The van der Waals surface area contributed by atoms with E-state index in [1.54, 1.807) is 32.1 Å². The number of hydrogen-bond donors (Lipinski definition) is 1. The van der Waals surface area contributed by atoms with Crippen molar-refractivity contribution in [3.05, 3.63) is 54.1 Å². The molecule has 7 nitrogen and oxygen atoms in total. The molecule has 1 aliphatic rings. The van der Waals surface area contributed by atoms with E-state index >= 15 is 0 Å². The van der Waals surface area contributed by atoms with Gasteiger partial charge in [-0.25, -0.2) is 8.42 Å². The summed E-state index contributed by atoms with van der Waals surface area (Å²) in [6.07, 6.45) is 3.93. The lowest BCUT2D eigenvalue weighted by atomic mass is 10.2. The summed E-state index contributed by atoms with van der Waals surface area (Å²) >= 11 is 0. The second kappa shape index (κ2) is 9.77. The number of rotatable bonds is 7. The van der Waals surface area contributed by atoms with E-state index in [-0.39, 0.29) is 10.8 Å². The molecule has 3 rings (SSSR count). The van der Waals surface area contributed by atoms with Crippen LogP contribution in [-0.4, -0.2) is 44.9 Å². The lowest BCUT2D eigenvalue weighted by Crippen LogP contribution is -2.30. The summed E-state index contributed by atoms with van der Waals surface area (Å²) in [6.45, 7) is 5.63. The first-order valence-corrected chi connectivity index (χ1v) is 11.4. The van der Waals surface area contributed by atoms with Crippen LogP contribution in [0.3, 0.4) is 0 Å². The number of fused-ring (bicyclic) bond motifs is 1. The van der Waals surface area contributed by atoms with Gasteiger partial charge in [-0.1, -0.05) is 19.9 Å². The normalized spacial score (nSPS) is 14.0. The molecule has 0 unspecified atom stereocenters. The maximum absolute atomic E-state index is 12.5. The number of hydrogen-bond acceptors (Lipinski definition) is 5. The Hall–Kier alpha value is -2.84. The molecular weight excluding hydrogens is 404 g/mol. The number of anilines is 1. The van der Waals surface area contributed by atoms with Crippen LogP contribution in [0.15, 0.2) is 53.4 Å². The standard InChI is InChI=1S/C22H26N2O5S/c1-3-24(4-2)30(26,27)19-10-8-18(9-11-19)23-22(25)13-7-17-6-12-20-21(16-17)29-15-5-14-28-20/h6-13,16H,3-5,14-15H2,1-2H3,(H,23,25)/b13-7+. The third-order valence-corrected chi connectivity index (χ3v) is 6.73. The first kappa shape index (κ1) is 21.9. The zero-order valence-electron chi connectivity index (χ0n) is 17.1. The molecule has 2 aromatic rings. The van der Waals surface area contributed by atoms with Crippen LogP contribution in [0.25, 0.3) is 6.08 Å².